The van der Waals surface area contributed by atoms with Gasteiger partial charge in [0.25, 0.3) is 0 Å². The summed E-state index contributed by atoms with van der Waals surface area (Å²) in [6.07, 6.45) is 2.81. The van der Waals surface area contributed by atoms with Gasteiger partial charge in [-0.3, -0.25) is 4.79 Å². The van der Waals surface area contributed by atoms with Gasteiger partial charge >= 0.3 is 5.97 Å². The Kier molecular flexibility index (Phi) is 7.56. The number of benzene rings is 2. The highest BCUT2D eigenvalue weighted by Crippen LogP contribution is 2.38. The number of rotatable bonds is 9. The second-order valence-corrected chi connectivity index (χ2v) is 7.28. The van der Waals surface area contributed by atoms with Crippen molar-refractivity contribution in [2.45, 2.75) is 13.8 Å². The SMILES string of the molecule is COc1cc(/C=C/C(=O)OCC(=O)c2cc(C)n(-c3ccccc3)c2C)cc(OC)c1OC. The molecule has 1 aromatic heterocycles. The molecule has 3 rings (SSSR count). The van der Waals surface area contributed by atoms with Gasteiger partial charge in [0.05, 0.1) is 21.3 Å². The monoisotopic (exact) mass is 449 g/mol. The van der Waals surface area contributed by atoms with E-state index in [1.807, 2.05) is 54.8 Å². The molecule has 0 bridgehead atoms. The summed E-state index contributed by atoms with van der Waals surface area (Å²) in [5.74, 6) is 0.495. The molecule has 0 aliphatic carbocycles. The normalized spacial score (nSPS) is 10.8. The number of hydrogen-bond donors (Lipinski definition) is 0. The van der Waals surface area contributed by atoms with E-state index in [0.717, 1.165) is 17.1 Å². The molecular formula is C26H27NO6. The molecule has 7 heteroatoms. The lowest BCUT2D eigenvalue weighted by molar-refractivity contribution is -0.136. The maximum atomic E-state index is 12.7. The number of aromatic nitrogens is 1. The van der Waals surface area contributed by atoms with Crippen LogP contribution in [0.4, 0.5) is 0 Å². The Balaban J connectivity index is 1.68. The molecule has 0 atom stereocenters. The lowest BCUT2D eigenvalue weighted by Crippen LogP contribution is -2.13. The Hall–Kier alpha value is -4.00. The van der Waals surface area contributed by atoms with Gasteiger partial charge in [-0.2, -0.15) is 0 Å². The van der Waals surface area contributed by atoms with Crippen molar-refractivity contribution in [2.24, 2.45) is 0 Å². The third-order valence-corrected chi connectivity index (χ3v) is 5.19. The van der Waals surface area contributed by atoms with E-state index in [1.54, 1.807) is 18.2 Å². The van der Waals surface area contributed by atoms with Crippen LogP contribution >= 0.6 is 0 Å². The van der Waals surface area contributed by atoms with Crippen LogP contribution in [-0.4, -0.2) is 44.3 Å². The van der Waals surface area contributed by atoms with E-state index in [1.165, 1.54) is 27.4 Å². The first kappa shape index (κ1) is 23.7. The molecule has 0 amide bonds. The van der Waals surface area contributed by atoms with Crippen molar-refractivity contribution in [1.29, 1.82) is 0 Å². The van der Waals surface area contributed by atoms with Crippen LogP contribution in [0.15, 0.2) is 54.6 Å². The number of ketones is 1. The zero-order valence-corrected chi connectivity index (χ0v) is 19.4. The van der Waals surface area contributed by atoms with E-state index >= 15 is 0 Å². The smallest absolute Gasteiger partial charge is 0.331 e. The Morgan fingerprint density at radius 1 is 0.909 bits per heavy atom. The Labute approximate surface area is 193 Å². The lowest BCUT2D eigenvalue weighted by Gasteiger charge is -2.12. The second kappa shape index (κ2) is 10.5. The summed E-state index contributed by atoms with van der Waals surface area (Å²) in [5, 5.41) is 0. The van der Waals surface area contributed by atoms with Gasteiger partial charge in [-0.25, -0.2) is 4.79 Å². The van der Waals surface area contributed by atoms with Gasteiger partial charge in [-0.05, 0) is 55.8 Å². The van der Waals surface area contributed by atoms with Crippen molar-refractivity contribution in [3.63, 3.8) is 0 Å². The molecule has 0 radical (unpaired) electrons. The van der Waals surface area contributed by atoms with Crippen LogP contribution < -0.4 is 14.2 Å². The number of nitrogens with zero attached hydrogens (tertiary/aromatic N) is 1. The molecule has 0 saturated heterocycles. The fourth-order valence-electron chi connectivity index (χ4n) is 3.64. The number of methoxy groups -OCH3 is 3. The van der Waals surface area contributed by atoms with Crippen LogP contribution in [0.3, 0.4) is 0 Å². The zero-order valence-electron chi connectivity index (χ0n) is 19.4. The largest absolute Gasteiger partial charge is 0.493 e. The quantitative estimate of drug-likeness (QED) is 0.271. The molecule has 33 heavy (non-hydrogen) atoms. The molecule has 0 N–H and O–H groups in total. The summed E-state index contributed by atoms with van der Waals surface area (Å²) in [6.45, 7) is 3.46. The fourth-order valence-corrected chi connectivity index (χ4v) is 3.64. The first-order valence-corrected chi connectivity index (χ1v) is 10.3. The highest BCUT2D eigenvalue weighted by Gasteiger charge is 2.18. The van der Waals surface area contributed by atoms with Crippen LogP contribution in [-0.2, 0) is 9.53 Å². The van der Waals surface area contributed by atoms with Gasteiger partial charge in [0, 0.05) is 28.7 Å². The third kappa shape index (κ3) is 5.26. The maximum absolute atomic E-state index is 12.7. The van der Waals surface area contributed by atoms with Crippen LogP contribution in [0.1, 0.15) is 27.3 Å². The number of ether oxygens (including phenoxy) is 4. The second-order valence-electron chi connectivity index (χ2n) is 7.28. The van der Waals surface area contributed by atoms with E-state index in [0.29, 0.717) is 28.4 Å². The summed E-state index contributed by atoms with van der Waals surface area (Å²) in [5.41, 5.74) is 3.87. The van der Waals surface area contributed by atoms with Crippen molar-refractivity contribution < 1.29 is 28.5 Å². The fraction of sp³-hybridized carbons (Fsp3) is 0.231. The summed E-state index contributed by atoms with van der Waals surface area (Å²) in [4.78, 5) is 24.9. The molecule has 2 aromatic carbocycles. The molecule has 0 spiro atoms. The van der Waals surface area contributed by atoms with E-state index in [4.69, 9.17) is 18.9 Å². The van der Waals surface area contributed by atoms with E-state index in [2.05, 4.69) is 0 Å². The predicted octanol–water partition coefficient (Wildman–Crippen LogP) is 4.56. The molecule has 0 fully saturated rings. The zero-order chi connectivity index (χ0) is 24.0. The number of para-hydroxylation sites is 1. The maximum Gasteiger partial charge on any atom is 0.331 e. The highest BCUT2D eigenvalue weighted by molar-refractivity contribution is 6.00. The number of carbonyl (C=O) groups is 2. The number of hydrogen-bond acceptors (Lipinski definition) is 6. The lowest BCUT2D eigenvalue weighted by atomic mass is 10.1. The van der Waals surface area contributed by atoms with Gasteiger partial charge in [0.15, 0.2) is 18.1 Å². The minimum atomic E-state index is -0.631. The Morgan fingerprint density at radius 2 is 1.55 bits per heavy atom. The molecule has 0 unspecified atom stereocenters. The third-order valence-electron chi connectivity index (χ3n) is 5.19. The van der Waals surface area contributed by atoms with Crippen LogP contribution in [0.5, 0.6) is 17.2 Å². The van der Waals surface area contributed by atoms with Crippen molar-refractivity contribution in [2.75, 3.05) is 27.9 Å². The van der Waals surface area contributed by atoms with Gasteiger partial charge < -0.3 is 23.5 Å². The van der Waals surface area contributed by atoms with Crippen molar-refractivity contribution in [3.8, 4) is 22.9 Å². The number of carbonyl (C=O) groups excluding carboxylic acids is 2. The van der Waals surface area contributed by atoms with Crippen molar-refractivity contribution in [1.82, 2.24) is 4.57 Å². The predicted molar refractivity (Wildman–Crippen MR) is 126 cm³/mol. The van der Waals surface area contributed by atoms with Gasteiger partial charge in [0.2, 0.25) is 11.5 Å². The number of Topliss-reactive ketones (excluding diaryl/α,β-unsaturated/α-hetero) is 1. The average molecular weight is 450 g/mol. The van der Waals surface area contributed by atoms with Crippen molar-refractivity contribution in [3.05, 3.63) is 77.1 Å². The molecule has 0 saturated carbocycles. The summed E-state index contributed by atoms with van der Waals surface area (Å²) < 4.78 is 23.1. The first-order chi connectivity index (χ1) is 15.9. The first-order valence-electron chi connectivity index (χ1n) is 10.3. The molecule has 0 aliphatic rings. The van der Waals surface area contributed by atoms with E-state index < -0.39 is 5.97 Å². The number of esters is 1. The van der Waals surface area contributed by atoms with Crippen molar-refractivity contribution >= 4 is 17.8 Å². The molecule has 172 valence electrons. The van der Waals surface area contributed by atoms with Gasteiger partial charge in [-0.1, -0.05) is 18.2 Å². The number of aryl methyl sites for hydroxylation is 1. The average Bonchev–Trinajstić information content (AvgIpc) is 3.14. The molecule has 0 aliphatic heterocycles. The Bertz CT molecular complexity index is 1150. The standard InChI is InChI=1S/C26H27NO6/c1-17-13-21(18(2)27(17)20-9-7-6-8-10-20)22(28)16-33-25(29)12-11-19-14-23(30-3)26(32-5)24(15-19)31-4/h6-15H,16H2,1-5H3/b12-11+. The van der Waals surface area contributed by atoms with Crippen LogP contribution in [0.2, 0.25) is 0 Å². The minimum Gasteiger partial charge on any atom is -0.493 e. The topological polar surface area (TPSA) is 76.0 Å². The summed E-state index contributed by atoms with van der Waals surface area (Å²) >= 11 is 0. The summed E-state index contributed by atoms with van der Waals surface area (Å²) in [6, 6.07) is 15.0. The van der Waals surface area contributed by atoms with E-state index in [9.17, 15) is 9.59 Å². The molecule has 3 aromatic rings. The van der Waals surface area contributed by atoms with Crippen LogP contribution in [0, 0.1) is 13.8 Å². The minimum absolute atomic E-state index is 0.264. The Morgan fingerprint density at radius 3 is 2.12 bits per heavy atom. The van der Waals surface area contributed by atoms with Gasteiger partial charge in [0.1, 0.15) is 0 Å². The van der Waals surface area contributed by atoms with E-state index in [-0.39, 0.29) is 12.4 Å². The van der Waals surface area contributed by atoms with Gasteiger partial charge in [-0.15, -0.1) is 0 Å². The molecule has 7 nitrogen and oxygen atoms in total. The molecular weight excluding hydrogens is 422 g/mol. The van der Waals surface area contributed by atoms with Crippen LogP contribution in [0.25, 0.3) is 11.8 Å². The summed E-state index contributed by atoms with van der Waals surface area (Å²) in [7, 11) is 4.54. The highest BCUT2D eigenvalue weighted by atomic mass is 16.5. The molecule has 1 heterocycles.